The lowest BCUT2D eigenvalue weighted by Crippen LogP contribution is -2.14. The van der Waals surface area contributed by atoms with Crippen LogP contribution in [0.3, 0.4) is 0 Å². The number of para-hydroxylation sites is 1. The maximum Gasteiger partial charge on any atom is 0.358 e. The smallest absolute Gasteiger partial charge is 0.358 e. The van der Waals surface area contributed by atoms with E-state index in [9.17, 15) is 9.59 Å². The highest BCUT2D eigenvalue weighted by atomic mass is 32.1. The molecule has 6 nitrogen and oxygen atoms in total. The summed E-state index contributed by atoms with van der Waals surface area (Å²) < 4.78 is 5.07. The number of aromatic nitrogens is 2. The summed E-state index contributed by atoms with van der Waals surface area (Å²) in [6.45, 7) is 3.83. The number of aromatic amines is 1. The zero-order valence-electron chi connectivity index (χ0n) is 12.7. The van der Waals surface area contributed by atoms with Crippen LogP contribution in [0.4, 0.5) is 5.13 Å². The average molecular weight is 341 g/mol. The van der Waals surface area contributed by atoms with Crippen LogP contribution < -0.4 is 5.32 Å². The number of thiazole rings is 1. The van der Waals surface area contributed by atoms with E-state index < -0.39 is 5.97 Å². The number of rotatable bonds is 7. The number of ether oxygens (including phenoxy) is 1. The van der Waals surface area contributed by atoms with E-state index in [1.165, 1.54) is 11.3 Å². The number of hydrogen-bond acceptors (Lipinski definition) is 6. The van der Waals surface area contributed by atoms with Crippen molar-refractivity contribution in [3.8, 4) is 0 Å². The molecule has 0 fully saturated rings. The van der Waals surface area contributed by atoms with Crippen molar-refractivity contribution in [3.05, 3.63) is 59.8 Å². The number of H-pyrrole nitrogens is 1. The molecule has 2 N–H and O–H groups in total. The molecule has 7 heteroatoms. The first-order valence-corrected chi connectivity index (χ1v) is 8.13. The number of hydrogen-bond donors (Lipinski definition) is 2. The molecule has 0 aliphatic rings. The number of carbonyl (C=O) groups excluding carboxylic acids is 2. The molecule has 1 aromatic carbocycles. The topological polar surface area (TPSA) is 84.1 Å². The van der Waals surface area contributed by atoms with Crippen molar-refractivity contribution in [1.29, 1.82) is 0 Å². The second-order valence-corrected chi connectivity index (χ2v) is 5.81. The number of fused-ring (bicyclic) bond motifs is 1. The maximum absolute atomic E-state index is 12.3. The number of Topliss-reactive ketones (excluding diaryl/α,β-unsaturated/α-hetero) is 1. The SMILES string of the molecule is C=CCNc1nc(C(=O)OCC(=O)c2c[nH]c3ccccc23)cs1. The van der Waals surface area contributed by atoms with Crippen LogP contribution in [0.15, 0.2) is 48.5 Å². The number of ketones is 1. The first-order chi connectivity index (χ1) is 11.7. The Balaban J connectivity index is 1.62. The lowest BCUT2D eigenvalue weighted by atomic mass is 10.1. The summed E-state index contributed by atoms with van der Waals surface area (Å²) in [6.07, 6.45) is 3.32. The largest absolute Gasteiger partial charge is 0.453 e. The fourth-order valence-electron chi connectivity index (χ4n) is 2.19. The number of carbonyl (C=O) groups is 2. The average Bonchev–Trinajstić information content (AvgIpc) is 3.24. The van der Waals surface area contributed by atoms with Crippen LogP contribution in [-0.4, -0.2) is 34.9 Å². The first kappa shape index (κ1) is 15.9. The van der Waals surface area contributed by atoms with Crippen molar-refractivity contribution < 1.29 is 14.3 Å². The summed E-state index contributed by atoms with van der Waals surface area (Å²) in [5.74, 6) is -0.882. The molecule has 3 aromatic rings. The van der Waals surface area contributed by atoms with Crippen molar-refractivity contribution in [2.75, 3.05) is 18.5 Å². The van der Waals surface area contributed by atoms with Crippen molar-refractivity contribution in [2.24, 2.45) is 0 Å². The fourth-order valence-corrected chi connectivity index (χ4v) is 2.88. The molecular weight excluding hydrogens is 326 g/mol. The van der Waals surface area contributed by atoms with Crippen LogP contribution in [0.2, 0.25) is 0 Å². The predicted octanol–water partition coefficient (Wildman–Crippen LogP) is 3.26. The van der Waals surface area contributed by atoms with E-state index in [0.29, 0.717) is 17.2 Å². The van der Waals surface area contributed by atoms with E-state index in [1.54, 1.807) is 17.7 Å². The Morgan fingerprint density at radius 1 is 1.38 bits per heavy atom. The van der Waals surface area contributed by atoms with Gasteiger partial charge in [0.05, 0.1) is 0 Å². The summed E-state index contributed by atoms with van der Waals surface area (Å²) >= 11 is 1.29. The van der Waals surface area contributed by atoms with Crippen LogP contribution in [0.1, 0.15) is 20.8 Å². The van der Waals surface area contributed by atoms with Gasteiger partial charge in [-0.25, -0.2) is 9.78 Å². The van der Waals surface area contributed by atoms with Gasteiger partial charge < -0.3 is 15.0 Å². The molecule has 0 saturated carbocycles. The Hall–Kier alpha value is -2.93. The van der Waals surface area contributed by atoms with E-state index in [0.717, 1.165) is 10.9 Å². The highest BCUT2D eigenvalue weighted by molar-refractivity contribution is 7.13. The fraction of sp³-hybridized carbons (Fsp3) is 0.118. The number of nitrogens with one attached hydrogen (secondary N) is 2. The minimum absolute atomic E-state index is 0.179. The second kappa shape index (κ2) is 7.10. The molecule has 0 unspecified atom stereocenters. The third kappa shape index (κ3) is 3.36. The summed E-state index contributed by atoms with van der Waals surface area (Å²) in [4.78, 5) is 31.4. The molecule has 0 aliphatic heterocycles. The van der Waals surface area contributed by atoms with Crippen LogP contribution in [-0.2, 0) is 4.74 Å². The van der Waals surface area contributed by atoms with Crippen LogP contribution in [0.5, 0.6) is 0 Å². The molecule has 3 rings (SSSR count). The molecule has 2 heterocycles. The first-order valence-electron chi connectivity index (χ1n) is 7.26. The van der Waals surface area contributed by atoms with Crippen molar-refractivity contribution in [1.82, 2.24) is 9.97 Å². The molecule has 24 heavy (non-hydrogen) atoms. The monoisotopic (exact) mass is 341 g/mol. The number of anilines is 1. The predicted molar refractivity (Wildman–Crippen MR) is 93.7 cm³/mol. The highest BCUT2D eigenvalue weighted by Gasteiger charge is 2.17. The van der Waals surface area contributed by atoms with Gasteiger partial charge in [0.2, 0.25) is 5.78 Å². The zero-order chi connectivity index (χ0) is 16.9. The van der Waals surface area contributed by atoms with Crippen LogP contribution in [0, 0.1) is 0 Å². The van der Waals surface area contributed by atoms with Crippen molar-refractivity contribution in [2.45, 2.75) is 0 Å². The van der Waals surface area contributed by atoms with Gasteiger partial charge in [-0.05, 0) is 6.07 Å². The standard InChI is InChI=1S/C17H15N3O3S/c1-2-7-18-17-20-14(10-24-17)16(22)23-9-15(21)12-8-19-13-6-4-3-5-11(12)13/h2-6,8,10,19H,1,7,9H2,(H,18,20). The van der Waals surface area contributed by atoms with Gasteiger partial charge >= 0.3 is 5.97 Å². The minimum Gasteiger partial charge on any atom is -0.453 e. The van der Waals surface area contributed by atoms with Gasteiger partial charge in [-0.1, -0.05) is 24.3 Å². The van der Waals surface area contributed by atoms with Crippen LogP contribution in [0.25, 0.3) is 10.9 Å². The lowest BCUT2D eigenvalue weighted by Gasteiger charge is -2.02. The third-order valence-corrected chi connectivity index (χ3v) is 4.13. The van der Waals surface area contributed by atoms with E-state index in [2.05, 4.69) is 21.9 Å². The van der Waals surface area contributed by atoms with Crippen molar-refractivity contribution >= 4 is 39.1 Å². The number of benzene rings is 1. The quantitative estimate of drug-likeness (QED) is 0.391. The number of esters is 1. The molecule has 0 aliphatic carbocycles. The Morgan fingerprint density at radius 2 is 2.21 bits per heavy atom. The zero-order valence-corrected chi connectivity index (χ0v) is 13.6. The summed E-state index contributed by atoms with van der Waals surface area (Å²) in [6, 6.07) is 7.46. The molecule has 122 valence electrons. The normalized spacial score (nSPS) is 10.5. The minimum atomic E-state index is -0.619. The van der Waals surface area contributed by atoms with E-state index in [4.69, 9.17) is 4.74 Å². The van der Waals surface area contributed by atoms with Gasteiger partial charge in [0, 0.05) is 34.6 Å². The molecule has 0 bridgehead atoms. The van der Waals surface area contributed by atoms with Crippen molar-refractivity contribution in [3.63, 3.8) is 0 Å². The van der Waals surface area contributed by atoms with E-state index in [1.807, 2.05) is 24.3 Å². The highest BCUT2D eigenvalue weighted by Crippen LogP contribution is 2.19. The molecule has 0 spiro atoms. The summed E-state index contributed by atoms with van der Waals surface area (Å²) in [7, 11) is 0. The van der Waals surface area contributed by atoms with Gasteiger partial charge in [-0.15, -0.1) is 17.9 Å². The third-order valence-electron chi connectivity index (χ3n) is 3.33. The molecule has 0 atom stereocenters. The van der Waals surface area contributed by atoms with E-state index in [-0.39, 0.29) is 18.1 Å². The molecular formula is C17H15N3O3S. The summed E-state index contributed by atoms with van der Waals surface area (Å²) in [5, 5.41) is 5.98. The molecule has 2 aromatic heterocycles. The van der Waals surface area contributed by atoms with Gasteiger partial charge in [0.1, 0.15) is 0 Å². The van der Waals surface area contributed by atoms with Crippen LogP contribution >= 0.6 is 11.3 Å². The van der Waals surface area contributed by atoms with Gasteiger partial charge in [0.15, 0.2) is 17.4 Å². The van der Waals surface area contributed by atoms with Gasteiger partial charge in [-0.2, -0.15) is 0 Å². The number of nitrogens with zero attached hydrogens (tertiary/aromatic N) is 1. The Labute approximate surface area is 142 Å². The molecule has 0 radical (unpaired) electrons. The van der Waals surface area contributed by atoms with Gasteiger partial charge in [-0.3, -0.25) is 4.79 Å². The Bertz CT molecular complexity index is 897. The maximum atomic E-state index is 12.3. The molecule has 0 amide bonds. The second-order valence-electron chi connectivity index (χ2n) is 4.95. The van der Waals surface area contributed by atoms with Gasteiger partial charge in [0.25, 0.3) is 0 Å². The Morgan fingerprint density at radius 3 is 3.04 bits per heavy atom. The molecule has 0 saturated heterocycles. The Kier molecular flexibility index (Phi) is 4.72. The van der Waals surface area contributed by atoms with E-state index >= 15 is 0 Å². The lowest BCUT2D eigenvalue weighted by molar-refractivity contribution is 0.0470. The summed E-state index contributed by atoms with van der Waals surface area (Å²) in [5.41, 5.74) is 1.55.